The maximum absolute atomic E-state index is 12.9. The first kappa shape index (κ1) is 21.3. The molecule has 7 nitrogen and oxygen atoms in total. The van der Waals surface area contributed by atoms with Crippen LogP contribution < -0.4 is 5.32 Å². The third-order valence-corrected chi connectivity index (χ3v) is 6.69. The molecule has 1 N–H and O–H groups in total. The highest BCUT2D eigenvalue weighted by Crippen LogP contribution is 2.30. The minimum absolute atomic E-state index is 0.0146. The highest BCUT2D eigenvalue weighted by Gasteiger charge is 2.37. The molecule has 2 heterocycles. The number of carbonyl (C=O) groups excluding carboxylic acids is 2. The van der Waals surface area contributed by atoms with Crippen molar-refractivity contribution in [3.63, 3.8) is 0 Å². The smallest absolute Gasteiger partial charge is 0.344 e. The van der Waals surface area contributed by atoms with Crippen LogP contribution in [0.5, 0.6) is 0 Å². The maximum Gasteiger partial charge on any atom is 0.416 e. The molecule has 0 aromatic heterocycles. The second-order valence-electron chi connectivity index (χ2n) is 7.16. The normalized spacial score (nSPS) is 22.9. The van der Waals surface area contributed by atoms with E-state index in [4.69, 9.17) is 0 Å². The minimum Gasteiger partial charge on any atom is -0.344 e. The Morgan fingerprint density at radius 1 is 1.31 bits per heavy atom. The average Bonchev–Trinajstić information content (AvgIpc) is 3.01. The van der Waals surface area contributed by atoms with Gasteiger partial charge in [-0.2, -0.15) is 18.3 Å². The summed E-state index contributed by atoms with van der Waals surface area (Å²) in [4.78, 5) is 24.7. The Hall–Kier alpha value is -2.43. The van der Waals surface area contributed by atoms with Gasteiger partial charge in [0.05, 0.1) is 29.2 Å². The fourth-order valence-corrected chi connectivity index (χ4v) is 5.03. The van der Waals surface area contributed by atoms with Crippen molar-refractivity contribution < 1.29 is 31.2 Å². The molecule has 1 aromatic rings. The van der Waals surface area contributed by atoms with E-state index >= 15 is 0 Å². The van der Waals surface area contributed by atoms with E-state index in [9.17, 15) is 31.2 Å². The molecule has 3 rings (SSSR count). The Morgan fingerprint density at radius 3 is 2.66 bits per heavy atom. The molecule has 0 bridgehead atoms. The van der Waals surface area contributed by atoms with Gasteiger partial charge >= 0.3 is 6.18 Å². The molecule has 0 radical (unpaired) electrons. The lowest BCUT2D eigenvalue weighted by molar-refractivity contribution is -0.137. The van der Waals surface area contributed by atoms with E-state index in [0.717, 1.165) is 17.1 Å². The lowest BCUT2D eigenvalue weighted by Gasteiger charge is -2.28. The molecule has 0 unspecified atom stereocenters. The van der Waals surface area contributed by atoms with Gasteiger partial charge in [-0.05, 0) is 31.0 Å². The van der Waals surface area contributed by atoms with Gasteiger partial charge in [0.1, 0.15) is 5.71 Å². The predicted molar refractivity (Wildman–Crippen MR) is 98.6 cm³/mol. The van der Waals surface area contributed by atoms with Gasteiger partial charge in [-0.3, -0.25) is 9.59 Å². The number of rotatable bonds is 4. The van der Waals surface area contributed by atoms with Gasteiger partial charge in [0.15, 0.2) is 9.84 Å². The van der Waals surface area contributed by atoms with Crippen LogP contribution in [0.1, 0.15) is 43.4 Å². The molecule has 2 amide bonds. The van der Waals surface area contributed by atoms with Gasteiger partial charge in [0, 0.05) is 12.8 Å². The predicted octanol–water partition coefficient (Wildman–Crippen LogP) is 2.05. The fraction of sp³-hybridized carbons (Fsp3) is 0.500. The molecule has 1 saturated heterocycles. The zero-order chi connectivity index (χ0) is 21.4. The molecule has 2 aliphatic rings. The molecule has 2 atom stereocenters. The van der Waals surface area contributed by atoms with Gasteiger partial charge in [0.25, 0.3) is 5.91 Å². The third-order valence-electron chi connectivity index (χ3n) is 4.94. The Labute approximate surface area is 165 Å². The van der Waals surface area contributed by atoms with Gasteiger partial charge in [0.2, 0.25) is 5.91 Å². The van der Waals surface area contributed by atoms with Crippen molar-refractivity contribution in [2.75, 3.05) is 11.5 Å². The van der Waals surface area contributed by atoms with Crippen molar-refractivity contribution in [3.05, 3.63) is 35.4 Å². The topological polar surface area (TPSA) is 95.9 Å². The molecular formula is C18H20F3N3O4S. The van der Waals surface area contributed by atoms with Crippen molar-refractivity contribution in [1.82, 2.24) is 10.3 Å². The summed E-state index contributed by atoms with van der Waals surface area (Å²) < 4.78 is 62.0. The Kier molecular flexibility index (Phi) is 5.70. The standard InChI is InChI=1S/C18H20F3N3O4S/c1-11(12-3-2-4-13(9-12)18(19,20)21)22-17(26)15-5-6-16(25)24(23-15)14-7-8-29(27,28)10-14/h2-4,9,11,14H,5-8,10H2,1H3,(H,22,26)/t11-,14-/m1/s1. The second kappa shape index (κ2) is 7.77. The molecular weight excluding hydrogens is 411 g/mol. The first-order valence-electron chi connectivity index (χ1n) is 9.04. The minimum atomic E-state index is -4.49. The number of amides is 2. The maximum atomic E-state index is 12.9. The largest absolute Gasteiger partial charge is 0.416 e. The number of benzene rings is 1. The summed E-state index contributed by atoms with van der Waals surface area (Å²) in [5.74, 6) is -1.19. The number of nitrogens with zero attached hydrogens (tertiary/aromatic N) is 2. The Morgan fingerprint density at radius 2 is 2.03 bits per heavy atom. The number of sulfone groups is 1. The molecule has 2 aliphatic heterocycles. The van der Waals surface area contributed by atoms with E-state index in [1.54, 1.807) is 6.92 Å². The molecule has 11 heteroatoms. The van der Waals surface area contributed by atoms with Crippen LogP contribution in [-0.2, 0) is 25.6 Å². The SMILES string of the molecule is C[C@@H](NC(=O)C1=NN([C@@H]2CCS(=O)(=O)C2)C(=O)CC1)c1cccc(C(F)(F)F)c1. The van der Waals surface area contributed by atoms with Gasteiger partial charge < -0.3 is 5.32 Å². The number of nitrogens with one attached hydrogen (secondary N) is 1. The van der Waals surface area contributed by atoms with Crippen LogP contribution in [0.2, 0.25) is 0 Å². The number of hydrogen-bond donors (Lipinski definition) is 1. The molecule has 1 aromatic carbocycles. The molecule has 29 heavy (non-hydrogen) atoms. The van der Waals surface area contributed by atoms with Crippen LogP contribution in [0.25, 0.3) is 0 Å². The summed E-state index contributed by atoms with van der Waals surface area (Å²) in [6, 6.07) is 3.33. The summed E-state index contributed by atoms with van der Waals surface area (Å²) >= 11 is 0. The van der Waals surface area contributed by atoms with E-state index in [-0.39, 0.29) is 48.0 Å². The summed E-state index contributed by atoms with van der Waals surface area (Å²) in [7, 11) is -3.23. The first-order chi connectivity index (χ1) is 13.5. The van der Waals surface area contributed by atoms with Crippen LogP contribution in [0, 0.1) is 0 Å². The number of alkyl halides is 3. The highest BCUT2D eigenvalue weighted by atomic mass is 32.2. The fourth-order valence-electron chi connectivity index (χ4n) is 3.34. The van der Waals surface area contributed by atoms with Crippen molar-refractivity contribution >= 4 is 27.4 Å². The van der Waals surface area contributed by atoms with Crippen LogP contribution in [0.4, 0.5) is 13.2 Å². The summed E-state index contributed by atoms with van der Waals surface area (Å²) in [6.45, 7) is 1.54. The van der Waals surface area contributed by atoms with E-state index in [0.29, 0.717) is 0 Å². The zero-order valence-electron chi connectivity index (χ0n) is 15.6. The number of halogens is 3. The van der Waals surface area contributed by atoms with Gasteiger partial charge in [-0.25, -0.2) is 13.4 Å². The first-order valence-corrected chi connectivity index (χ1v) is 10.9. The van der Waals surface area contributed by atoms with E-state index < -0.39 is 39.6 Å². The lowest BCUT2D eigenvalue weighted by Crippen LogP contribution is -2.44. The van der Waals surface area contributed by atoms with Crippen molar-refractivity contribution in [3.8, 4) is 0 Å². The van der Waals surface area contributed by atoms with Crippen LogP contribution in [-0.4, -0.2) is 48.5 Å². The molecule has 0 saturated carbocycles. The third kappa shape index (κ3) is 4.95. The molecule has 0 aliphatic carbocycles. The van der Waals surface area contributed by atoms with E-state index in [2.05, 4.69) is 10.4 Å². The zero-order valence-corrected chi connectivity index (χ0v) is 16.4. The summed E-state index contributed by atoms with van der Waals surface area (Å²) in [5, 5.41) is 7.72. The summed E-state index contributed by atoms with van der Waals surface area (Å²) in [5.41, 5.74) is -0.488. The van der Waals surface area contributed by atoms with E-state index in [1.165, 1.54) is 12.1 Å². The molecule has 0 spiro atoms. The van der Waals surface area contributed by atoms with Gasteiger partial charge in [-0.15, -0.1) is 0 Å². The summed E-state index contributed by atoms with van der Waals surface area (Å²) in [6.07, 6.45) is -4.14. The second-order valence-corrected chi connectivity index (χ2v) is 9.39. The Balaban J connectivity index is 1.73. The Bertz CT molecular complexity index is 959. The van der Waals surface area contributed by atoms with Crippen LogP contribution in [0.3, 0.4) is 0 Å². The highest BCUT2D eigenvalue weighted by molar-refractivity contribution is 7.91. The number of carbonyl (C=O) groups is 2. The monoisotopic (exact) mass is 431 g/mol. The molecule has 158 valence electrons. The quantitative estimate of drug-likeness (QED) is 0.789. The molecule has 1 fully saturated rings. The van der Waals surface area contributed by atoms with Crippen LogP contribution >= 0.6 is 0 Å². The average molecular weight is 431 g/mol. The number of hydrazone groups is 1. The van der Waals surface area contributed by atoms with Crippen molar-refractivity contribution in [2.24, 2.45) is 5.10 Å². The lowest BCUT2D eigenvalue weighted by atomic mass is 10.0. The van der Waals surface area contributed by atoms with Gasteiger partial charge in [-0.1, -0.05) is 12.1 Å². The van der Waals surface area contributed by atoms with E-state index in [1.807, 2.05) is 0 Å². The van der Waals surface area contributed by atoms with Crippen LogP contribution in [0.15, 0.2) is 29.4 Å². The van der Waals surface area contributed by atoms with Crippen molar-refractivity contribution in [1.29, 1.82) is 0 Å². The van der Waals surface area contributed by atoms with Crippen molar-refractivity contribution in [2.45, 2.75) is 44.4 Å². The number of hydrogen-bond acceptors (Lipinski definition) is 5.